The number of unbranched alkanes of at least 4 members (excludes halogenated alkanes) is 5. The second kappa shape index (κ2) is 9.88. The maximum Gasteiger partial charge on any atom is 0.0679 e. The molecule has 68 valence electrons. The fourth-order valence-corrected chi connectivity index (χ4v) is 1.00. The summed E-state index contributed by atoms with van der Waals surface area (Å²) in [6.45, 7) is 0.992. The first-order chi connectivity index (χ1) is 5.41. The minimum atomic E-state index is 0.325. The Morgan fingerprint density at radius 2 is 1.45 bits per heavy atom. The smallest absolute Gasteiger partial charge is 0.0679 e. The van der Waals surface area contributed by atoms with Crippen molar-refractivity contribution in [1.82, 2.24) is 0 Å². The number of hydrogen-bond acceptors (Lipinski definition) is 3. The van der Waals surface area contributed by atoms with Crippen LogP contribution in [-0.2, 0) is 4.84 Å². The third-order valence-corrected chi connectivity index (χ3v) is 1.67. The first-order valence-corrected chi connectivity index (χ1v) is 4.34. The summed E-state index contributed by atoms with van der Waals surface area (Å²) in [5, 5.41) is 8.47. The molecular formula is C8H19NO2. The number of aliphatic hydroxyl groups is 1. The van der Waals surface area contributed by atoms with Gasteiger partial charge in [-0.3, -0.25) is 0 Å². The van der Waals surface area contributed by atoms with Gasteiger partial charge >= 0.3 is 0 Å². The summed E-state index contributed by atoms with van der Waals surface area (Å²) in [5.74, 6) is 4.86. The highest BCUT2D eigenvalue weighted by Crippen LogP contribution is 2.04. The van der Waals surface area contributed by atoms with Gasteiger partial charge in [0.05, 0.1) is 6.61 Å². The molecule has 0 atom stereocenters. The van der Waals surface area contributed by atoms with Crippen LogP contribution in [0.1, 0.15) is 38.5 Å². The molecule has 3 N–H and O–H groups in total. The van der Waals surface area contributed by atoms with Crippen molar-refractivity contribution in [3.05, 3.63) is 0 Å². The SMILES string of the molecule is NOCCCCCCCCO. The molecule has 0 aromatic heterocycles. The summed E-state index contributed by atoms with van der Waals surface area (Å²) in [6, 6.07) is 0. The van der Waals surface area contributed by atoms with Crippen LogP contribution in [0.15, 0.2) is 0 Å². The molecule has 0 aromatic carbocycles. The first-order valence-electron chi connectivity index (χ1n) is 4.34. The zero-order valence-corrected chi connectivity index (χ0v) is 7.09. The molecule has 0 spiro atoms. The van der Waals surface area contributed by atoms with Gasteiger partial charge in [0, 0.05) is 6.61 Å². The van der Waals surface area contributed by atoms with Crippen LogP contribution in [0.4, 0.5) is 0 Å². The Kier molecular flexibility index (Phi) is 9.77. The lowest BCUT2D eigenvalue weighted by molar-refractivity contribution is 0.133. The van der Waals surface area contributed by atoms with Gasteiger partial charge in [-0.2, -0.15) is 0 Å². The largest absolute Gasteiger partial charge is 0.396 e. The number of rotatable bonds is 8. The van der Waals surface area contributed by atoms with Crippen LogP contribution in [-0.4, -0.2) is 18.3 Å². The Labute approximate surface area is 68.5 Å². The van der Waals surface area contributed by atoms with Crippen molar-refractivity contribution in [3.63, 3.8) is 0 Å². The van der Waals surface area contributed by atoms with Crippen LogP contribution in [0.3, 0.4) is 0 Å². The van der Waals surface area contributed by atoms with Crippen LogP contribution in [0.25, 0.3) is 0 Å². The van der Waals surface area contributed by atoms with E-state index in [1.807, 2.05) is 0 Å². The molecule has 0 saturated carbocycles. The van der Waals surface area contributed by atoms with E-state index in [1.165, 1.54) is 19.3 Å². The van der Waals surface area contributed by atoms with Gasteiger partial charge in [-0.15, -0.1) is 0 Å². The van der Waals surface area contributed by atoms with Crippen molar-refractivity contribution in [3.8, 4) is 0 Å². The van der Waals surface area contributed by atoms with Gasteiger partial charge in [0.1, 0.15) is 0 Å². The molecule has 3 nitrogen and oxygen atoms in total. The van der Waals surface area contributed by atoms with Gasteiger partial charge in [0.25, 0.3) is 0 Å². The zero-order valence-electron chi connectivity index (χ0n) is 7.09. The number of aliphatic hydroxyl groups excluding tert-OH is 1. The predicted octanol–water partition coefficient (Wildman–Crippen LogP) is 1.21. The lowest BCUT2D eigenvalue weighted by atomic mass is 10.1. The zero-order chi connectivity index (χ0) is 8.36. The highest BCUT2D eigenvalue weighted by molar-refractivity contribution is 4.43. The van der Waals surface area contributed by atoms with Crippen LogP contribution < -0.4 is 5.90 Å². The topological polar surface area (TPSA) is 55.5 Å². The van der Waals surface area contributed by atoms with E-state index in [-0.39, 0.29) is 0 Å². The molecule has 0 aliphatic rings. The van der Waals surface area contributed by atoms with E-state index in [0.29, 0.717) is 13.2 Å². The van der Waals surface area contributed by atoms with Crippen LogP contribution in [0.2, 0.25) is 0 Å². The predicted molar refractivity (Wildman–Crippen MR) is 44.9 cm³/mol. The van der Waals surface area contributed by atoms with E-state index < -0.39 is 0 Å². The Hall–Kier alpha value is -0.120. The standard InChI is InChI=1S/C8H19NO2/c9-11-8-6-4-2-1-3-5-7-10/h10H,1-9H2. The second-order valence-electron chi connectivity index (χ2n) is 2.72. The molecule has 0 radical (unpaired) electrons. The molecule has 0 aliphatic heterocycles. The van der Waals surface area contributed by atoms with E-state index in [1.54, 1.807) is 0 Å². The molecule has 0 fully saturated rings. The fraction of sp³-hybridized carbons (Fsp3) is 1.00. The van der Waals surface area contributed by atoms with Crippen LogP contribution in [0.5, 0.6) is 0 Å². The molecule has 0 amide bonds. The molecule has 0 heterocycles. The van der Waals surface area contributed by atoms with Gasteiger partial charge in [0.15, 0.2) is 0 Å². The molecule has 0 rings (SSSR count). The van der Waals surface area contributed by atoms with E-state index in [4.69, 9.17) is 11.0 Å². The van der Waals surface area contributed by atoms with Crippen molar-refractivity contribution in [2.24, 2.45) is 5.90 Å². The molecule has 0 saturated heterocycles. The summed E-state index contributed by atoms with van der Waals surface area (Å²) >= 11 is 0. The molecule has 0 unspecified atom stereocenters. The van der Waals surface area contributed by atoms with Crippen molar-refractivity contribution < 1.29 is 9.94 Å². The third kappa shape index (κ3) is 9.88. The summed E-state index contributed by atoms with van der Waals surface area (Å²) in [7, 11) is 0. The van der Waals surface area contributed by atoms with E-state index in [2.05, 4.69) is 4.84 Å². The third-order valence-electron chi connectivity index (χ3n) is 1.67. The Morgan fingerprint density at radius 3 is 2.00 bits per heavy atom. The van der Waals surface area contributed by atoms with Gasteiger partial charge < -0.3 is 9.94 Å². The molecule has 0 bridgehead atoms. The summed E-state index contributed by atoms with van der Waals surface area (Å²) in [6.07, 6.45) is 6.75. The highest BCUT2D eigenvalue weighted by Gasteiger charge is 1.89. The van der Waals surface area contributed by atoms with Crippen molar-refractivity contribution >= 4 is 0 Å². The van der Waals surface area contributed by atoms with E-state index >= 15 is 0 Å². The Bertz CT molecular complexity index is 61.1. The highest BCUT2D eigenvalue weighted by atomic mass is 16.6. The molecular weight excluding hydrogens is 142 g/mol. The lowest BCUT2D eigenvalue weighted by Crippen LogP contribution is -2.00. The van der Waals surface area contributed by atoms with Gasteiger partial charge in [-0.25, -0.2) is 5.90 Å². The fourth-order valence-electron chi connectivity index (χ4n) is 1.00. The second-order valence-corrected chi connectivity index (χ2v) is 2.72. The van der Waals surface area contributed by atoms with E-state index in [0.717, 1.165) is 19.3 Å². The van der Waals surface area contributed by atoms with E-state index in [9.17, 15) is 0 Å². The Morgan fingerprint density at radius 1 is 0.909 bits per heavy atom. The maximum absolute atomic E-state index is 8.47. The van der Waals surface area contributed by atoms with Gasteiger partial charge in [-0.05, 0) is 12.8 Å². The molecule has 3 heteroatoms. The molecule has 11 heavy (non-hydrogen) atoms. The minimum absolute atomic E-state index is 0.325. The monoisotopic (exact) mass is 161 g/mol. The molecule has 0 aromatic rings. The van der Waals surface area contributed by atoms with Gasteiger partial charge in [0.2, 0.25) is 0 Å². The quantitative estimate of drug-likeness (QED) is 0.415. The van der Waals surface area contributed by atoms with Gasteiger partial charge in [-0.1, -0.05) is 25.7 Å². The van der Waals surface area contributed by atoms with Crippen molar-refractivity contribution in [1.29, 1.82) is 0 Å². The average molecular weight is 161 g/mol. The van der Waals surface area contributed by atoms with Crippen LogP contribution >= 0.6 is 0 Å². The lowest BCUT2D eigenvalue weighted by Gasteiger charge is -1.99. The molecule has 0 aliphatic carbocycles. The van der Waals surface area contributed by atoms with Crippen molar-refractivity contribution in [2.45, 2.75) is 38.5 Å². The average Bonchev–Trinajstić information content (AvgIpc) is 2.03. The summed E-state index contributed by atoms with van der Waals surface area (Å²) in [5.41, 5.74) is 0. The number of nitrogens with two attached hydrogens (primary N) is 1. The first kappa shape index (κ1) is 10.9. The van der Waals surface area contributed by atoms with Crippen molar-refractivity contribution in [2.75, 3.05) is 13.2 Å². The summed E-state index contributed by atoms with van der Waals surface area (Å²) < 4.78 is 0. The Balaban J connectivity index is 2.69. The summed E-state index contributed by atoms with van der Waals surface area (Å²) in [4.78, 5) is 4.43. The minimum Gasteiger partial charge on any atom is -0.396 e. The van der Waals surface area contributed by atoms with Crippen LogP contribution in [0, 0.1) is 0 Å². The number of hydrogen-bond donors (Lipinski definition) is 2. The normalized spacial score (nSPS) is 10.4. The maximum atomic E-state index is 8.47.